The predicted octanol–water partition coefficient (Wildman–Crippen LogP) is 4.62. The van der Waals surface area contributed by atoms with Crippen LogP contribution in [0, 0.1) is 0 Å². The molecule has 0 aromatic carbocycles. The highest BCUT2D eigenvalue weighted by Gasteiger charge is 2.36. The van der Waals surface area contributed by atoms with Gasteiger partial charge in [0.05, 0.1) is 0 Å². The molecule has 1 aromatic heterocycles. The molecule has 3 nitrogen and oxygen atoms in total. The first-order valence-electron chi connectivity index (χ1n) is 8.29. The molecular formula is C17H30N2OS. The third-order valence-corrected chi connectivity index (χ3v) is 5.25. The molecule has 1 fully saturated rings. The molecule has 1 aliphatic carbocycles. The standard InChI is InChI=1S/C17H30N2OS/c1-5-20-17(10-8-6-7-9-11-17)15-18-12-14(21-15)13-19-16(2,3)4/h12,19H,5-11,13H2,1-4H3. The molecule has 0 spiro atoms. The molecule has 1 N–H and O–H groups in total. The van der Waals surface area contributed by atoms with Crippen molar-refractivity contribution in [1.82, 2.24) is 10.3 Å². The van der Waals surface area contributed by atoms with Crippen molar-refractivity contribution in [2.24, 2.45) is 0 Å². The Kier molecular flexibility index (Phi) is 5.81. The van der Waals surface area contributed by atoms with Gasteiger partial charge in [0.1, 0.15) is 10.6 Å². The number of nitrogens with one attached hydrogen (secondary N) is 1. The maximum absolute atomic E-state index is 6.22. The molecule has 0 aliphatic heterocycles. The second kappa shape index (κ2) is 7.21. The number of rotatable bonds is 5. The Morgan fingerprint density at radius 2 is 1.90 bits per heavy atom. The van der Waals surface area contributed by atoms with E-state index >= 15 is 0 Å². The van der Waals surface area contributed by atoms with E-state index in [-0.39, 0.29) is 11.1 Å². The number of thiazole rings is 1. The van der Waals surface area contributed by atoms with Gasteiger partial charge in [0.15, 0.2) is 0 Å². The van der Waals surface area contributed by atoms with Gasteiger partial charge < -0.3 is 10.1 Å². The summed E-state index contributed by atoms with van der Waals surface area (Å²) in [5, 5.41) is 4.73. The lowest BCUT2D eigenvalue weighted by atomic mass is 9.95. The van der Waals surface area contributed by atoms with Crippen LogP contribution >= 0.6 is 11.3 Å². The van der Waals surface area contributed by atoms with Crippen LogP contribution in [0.3, 0.4) is 0 Å². The normalized spacial score (nSPS) is 19.4. The summed E-state index contributed by atoms with van der Waals surface area (Å²) < 4.78 is 6.22. The molecule has 0 unspecified atom stereocenters. The molecule has 4 heteroatoms. The lowest BCUT2D eigenvalue weighted by Gasteiger charge is -2.30. The molecule has 0 atom stereocenters. The first-order valence-corrected chi connectivity index (χ1v) is 9.11. The van der Waals surface area contributed by atoms with Gasteiger partial charge in [-0.05, 0) is 40.5 Å². The molecule has 21 heavy (non-hydrogen) atoms. The number of hydrogen-bond donors (Lipinski definition) is 1. The van der Waals surface area contributed by atoms with Crippen molar-refractivity contribution in [1.29, 1.82) is 0 Å². The second-order valence-corrected chi connectivity index (χ2v) is 8.19. The van der Waals surface area contributed by atoms with Crippen LogP contribution in [0.5, 0.6) is 0 Å². The zero-order valence-electron chi connectivity index (χ0n) is 14.0. The third kappa shape index (κ3) is 4.76. The van der Waals surface area contributed by atoms with Gasteiger partial charge in [0.25, 0.3) is 0 Å². The molecule has 1 heterocycles. The van der Waals surface area contributed by atoms with Gasteiger partial charge in [0, 0.05) is 29.8 Å². The first-order chi connectivity index (χ1) is 9.95. The summed E-state index contributed by atoms with van der Waals surface area (Å²) in [4.78, 5) is 6.04. The van der Waals surface area contributed by atoms with Crippen molar-refractivity contribution >= 4 is 11.3 Å². The summed E-state index contributed by atoms with van der Waals surface area (Å²) >= 11 is 1.83. The van der Waals surface area contributed by atoms with E-state index in [0.29, 0.717) is 0 Å². The molecule has 1 aromatic rings. The van der Waals surface area contributed by atoms with E-state index in [2.05, 4.69) is 33.0 Å². The zero-order valence-corrected chi connectivity index (χ0v) is 14.8. The topological polar surface area (TPSA) is 34.1 Å². The van der Waals surface area contributed by atoms with Crippen LogP contribution in [0.1, 0.15) is 76.1 Å². The van der Waals surface area contributed by atoms with Crippen LogP contribution in [0.25, 0.3) is 0 Å². The fraction of sp³-hybridized carbons (Fsp3) is 0.824. The van der Waals surface area contributed by atoms with Crippen LogP contribution < -0.4 is 5.32 Å². The van der Waals surface area contributed by atoms with Crippen molar-refractivity contribution in [2.45, 2.75) is 83.9 Å². The number of nitrogens with zero attached hydrogens (tertiary/aromatic N) is 1. The molecule has 1 aliphatic rings. The highest BCUT2D eigenvalue weighted by Crippen LogP contribution is 2.41. The minimum atomic E-state index is -0.115. The van der Waals surface area contributed by atoms with E-state index in [1.807, 2.05) is 17.5 Å². The smallest absolute Gasteiger partial charge is 0.125 e. The fourth-order valence-electron chi connectivity index (χ4n) is 2.95. The van der Waals surface area contributed by atoms with E-state index in [0.717, 1.165) is 26.0 Å². The minimum absolute atomic E-state index is 0.115. The number of hydrogen-bond acceptors (Lipinski definition) is 4. The average Bonchev–Trinajstić information content (AvgIpc) is 2.77. The van der Waals surface area contributed by atoms with Gasteiger partial charge in [0.2, 0.25) is 0 Å². The zero-order chi connectivity index (χ0) is 15.3. The summed E-state index contributed by atoms with van der Waals surface area (Å²) in [7, 11) is 0. The maximum atomic E-state index is 6.22. The van der Waals surface area contributed by atoms with Gasteiger partial charge in [-0.15, -0.1) is 11.3 Å². The number of aromatic nitrogens is 1. The molecule has 0 amide bonds. The quantitative estimate of drug-likeness (QED) is 0.806. The predicted molar refractivity (Wildman–Crippen MR) is 89.7 cm³/mol. The second-order valence-electron chi connectivity index (χ2n) is 7.08. The highest BCUT2D eigenvalue weighted by atomic mass is 32.1. The van der Waals surface area contributed by atoms with Crippen LogP contribution in [0.4, 0.5) is 0 Å². The lowest BCUT2D eigenvalue weighted by Crippen LogP contribution is -2.34. The molecule has 0 radical (unpaired) electrons. The Bertz CT molecular complexity index is 428. The highest BCUT2D eigenvalue weighted by molar-refractivity contribution is 7.11. The molecule has 1 saturated carbocycles. The van der Waals surface area contributed by atoms with Gasteiger partial charge in [-0.3, -0.25) is 0 Å². The van der Waals surface area contributed by atoms with Crippen molar-refractivity contribution in [3.8, 4) is 0 Å². The summed E-state index contributed by atoms with van der Waals surface area (Å²) in [6.07, 6.45) is 9.47. The van der Waals surface area contributed by atoms with E-state index < -0.39 is 0 Å². The molecule has 120 valence electrons. The van der Waals surface area contributed by atoms with Crippen LogP contribution in [-0.2, 0) is 16.9 Å². The van der Waals surface area contributed by atoms with Gasteiger partial charge in [-0.2, -0.15) is 0 Å². The SMILES string of the molecule is CCOC1(c2ncc(CNC(C)(C)C)s2)CCCCCC1. The van der Waals surface area contributed by atoms with Gasteiger partial charge in [-0.25, -0.2) is 4.98 Å². The van der Waals surface area contributed by atoms with Gasteiger partial charge >= 0.3 is 0 Å². The molecule has 0 saturated heterocycles. The van der Waals surface area contributed by atoms with Crippen molar-refractivity contribution in [3.63, 3.8) is 0 Å². The minimum Gasteiger partial charge on any atom is -0.368 e. The Morgan fingerprint density at radius 1 is 1.24 bits per heavy atom. The Labute approximate surface area is 133 Å². The van der Waals surface area contributed by atoms with Crippen molar-refractivity contribution < 1.29 is 4.74 Å². The summed E-state index contributed by atoms with van der Waals surface area (Å²) in [6, 6.07) is 0. The molecule has 0 bridgehead atoms. The van der Waals surface area contributed by atoms with Crippen LogP contribution in [-0.4, -0.2) is 17.1 Å². The summed E-state index contributed by atoms with van der Waals surface area (Å²) in [6.45, 7) is 10.4. The van der Waals surface area contributed by atoms with Crippen LogP contribution in [0.2, 0.25) is 0 Å². The first kappa shape index (κ1) is 16.9. The Hall–Kier alpha value is -0.450. The molecule has 2 rings (SSSR count). The fourth-order valence-corrected chi connectivity index (χ4v) is 4.00. The van der Waals surface area contributed by atoms with Crippen molar-refractivity contribution in [3.05, 3.63) is 16.1 Å². The number of ether oxygens (including phenoxy) is 1. The van der Waals surface area contributed by atoms with E-state index in [9.17, 15) is 0 Å². The Balaban J connectivity index is 2.11. The Morgan fingerprint density at radius 3 is 2.48 bits per heavy atom. The van der Waals surface area contributed by atoms with E-state index in [4.69, 9.17) is 9.72 Å². The van der Waals surface area contributed by atoms with E-state index in [1.165, 1.54) is 35.6 Å². The summed E-state index contributed by atoms with van der Waals surface area (Å²) in [5.41, 5.74) is 0.0278. The average molecular weight is 311 g/mol. The maximum Gasteiger partial charge on any atom is 0.125 e. The lowest BCUT2D eigenvalue weighted by molar-refractivity contribution is -0.0559. The molecular weight excluding hydrogens is 280 g/mol. The largest absolute Gasteiger partial charge is 0.368 e. The van der Waals surface area contributed by atoms with Crippen LogP contribution in [0.15, 0.2) is 6.20 Å². The monoisotopic (exact) mass is 310 g/mol. The van der Waals surface area contributed by atoms with E-state index in [1.54, 1.807) is 0 Å². The van der Waals surface area contributed by atoms with Gasteiger partial charge in [-0.1, -0.05) is 25.7 Å². The third-order valence-electron chi connectivity index (χ3n) is 4.07. The summed E-state index contributed by atoms with van der Waals surface area (Å²) in [5.74, 6) is 0. The van der Waals surface area contributed by atoms with Crippen molar-refractivity contribution in [2.75, 3.05) is 6.61 Å².